The number of nitrogens with one attached hydrogen (secondary N) is 1. The molecule has 0 aliphatic heterocycles. The first-order chi connectivity index (χ1) is 9.13. The Morgan fingerprint density at radius 3 is 2.74 bits per heavy atom. The van der Waals surface area contributed by atoms with Crippen molar-refractivity contribution in [2.45, 2.75) is 76.2 Å². The Balaban J connectivity index is 1.74. The molecular weight excluding hydrogens is 240 g/mol. The summed E-state index contributed by atoms with van der Waals surface area (Å²) in [5.74, 6) is 0. The van der Waals surface area contributed by atoms with Gasteiger partial charge in [-0.2, -0.15) is 5.26 Å². The molecule has 0 aromatic carbocycles. The van der Waals surface area contributed by atoms with Crippen LogP contribution < -0.4 is 5.32 Å². The smallest absolute Gasteiger partial charge is 0.109 e. The van der Waals surface area contributed by atoms with Crippen molar-refractivity contribution < 1.29 is 9.47 Å². The molecular formula is C15H26N2O2. The number of hydrogen-bond donors (Lipinski definition) is 1. The van der Waals surface area contributed by atoms with Gasteiger partial charge < -0.3 is 9.47 Å². The van der Waals surface area contributed by atoms with E-state index in [1.54, 1.807) is 0 Å². The summed E-state index contributed by atoms with van der Waals surface area (Å²) in [5, 5.41) is 13.0. The van der Waals surface area contributed by atoms with Gasteiger partial charge in [-0.05, 0) is 46.0 Å². The molecule has 1 N–H and O–H groups in total. The van der Waals surface area contributed by atoms with Crippen molar-refractivity contribution in [2.75, 3.05) is 13.2 Å². The van der Waals surface area contributed by atoms with Gasteiger partial charge in [0.05, 0.1) is 31.5 Å². The minimum absolute atomic E-state index is 0.204. The Hall–Kier alpha value is -0.630. The average molecular weight is 266 g/mol. The Morgan fingerprint density at radius 2 is 2.11 bits per heavy atom. The second-order valence-corrected chi connectivity index (χ2v) is 6.12. The monoisotopic (exact) mass is 266 g/mol. The summed E-state index contributed by atoms with van der Waals surface area (Å²) >= 11 is 0. The van der Waals surface area contributed by atoms with E-state index in [0.717, 1.165) is 25.7 Å². The Bertz CT molecular complexity index is 323. The molecule has 0 aromatic heterocycles. The van der Waals surface area contributed by atoms with Crippen molar-refractivity contribution in [3.05, 3.63) is 0 Å². The van der Waals surface area contributed by atoms with Crippen LogP contribution in [0.5, 0.6) is 0 Å². The third kappa shape index (κ3) is 4.76. The third-order valence-electron chi connectivity index (χ3n) is 3.87. The molecule has 0 radical (unpaired) electrons. The van der Waals surface area contributed by atoms with E-state index in [-0.39, 0.29) is 17.7 Å². The fourth-order valence-corrected chi connectivity index (χ4v) is 2.75. The minimum Gasteiger partial charge on any atom is -0.376 e. The zero-order valence-electron chi connectivity index (χ0n) is 12.2. The van der Waals surface area contributed by atoms with Crippen LogP contribution >= 0.6 is 0 Å². The fraction of sp³-hybridized carbons (Fsp3) is 0.933. The first-order valence-corrected chi connectivity index (χ1v) is 7.56. The quantitative estimate of drug-likeness (QED) is 0.719. The molecule has 0 amide bonds. The van der Waals surface area contributed by atoms with E-state index < -0.39 is 0 Å². The van der Waals surface area contributed by atoms with Crippen LogP contribution in [0.25, 0.3) is 0 Å². The highest BCUT2D eigenvalue weighted by Crippen LogP contribution is 2.33. The molecule has 0 saturated heterocycles. The van der Waals surface area contributed by atoms with Crippen molar-refractivity contribution in [2.24, 2.45) is 0 Å². The molecule has 19 heavy (non-hydrogen) atoms. The van der Waals surface area contributed by atoms with E-state index in [1.165, 1.54) is 12.8 Å². The SMILES string of the molecule is CC(C)OCCOC1CCCC(C#N)(NC2CC2)C1. The van der Waals surface area contributed by atoms with Crippen LogP contribution in [0.15, 0.2) is 0 Å². The second kappa shape index (κ2) is 6.69. The topological polar surface area (TPSA) is 54.3 Å². The Labute approximate surface area is 116 Å². The summed E-state index contributed by atoms with van der Waals surface area (Å²) in [7, 11) is 0. The molecule has 2 rings (SSSR count). The van der Waals surface area contributed by atoms with Crippen LogP contribution in [-0.2, 0) is 9.47 Å². The van der Waals surface area contributed by atoms with E-state index in [4.69, 9.17) is 9.47 Å². The molecule has 4 nitrogen and oxygen atoms in total. The zero-order valence-corrected chi connectivity index (χ0v) is 12.2. The first-order valence-electron chi connectivity index (χ1n) is 7.56. The zero-order chi connectivity index (χ0) is 13.7. The van der Waals surface area contributed by atoms with Crippen molar-refractivity contribution in [1.29, 1.82) is 5.26 Å². The summed E-state index contributed by atoms with van der Waals surface area (Å²) in [5.41, 5.74) is -0.344. The molecule has 2 aliphatic rings. The van der Waals surface area contributed by atoms with Crippen LogP contribution in [0, 0.1) is 11.3 Å². The van der Waals surface area contributed by atoms with E-state index in [1.807, 2.05) is 13.8 Å². The Kier molecular flexibility index (Phi) is 5.20. The van der Waals surface area contributed by atoms with Crippen LogP contribution in [0.3, 0.4) is 0 Å². The largest absolute Gasteiger partial charge is 0.376 e. The standard InChI is InChI=1S/C15H26N2O2/c1-12(2)18-8-9-19-14-4-3-7-15(10-14,11-16)17-13-5-6-13/h12-14,17H,3-10H2,1-2H3. The van der Waals surface area contributed by atoms with Gasteiger partial charge in [0, 0.05) is 12.5 Å². The Morgan fingerprint density at radius 1 is 1.32 bits per heavy atom. The van der Waals surface area contributed by atoms with Gasteiger partial charge in [0.15, 0.2) is 0 Å². The lowest BCUT2D eigenvalue weighted by Gasteiger charge is -2.36. The molecule has 108 valence electrons. The highest BCUT2D eigenvalue weighted by Gasteiger charge is 2.40. The number of nitrogens with zero attached hydrogens (tertiary/aromatic N) is 1. The molecule has 0 bridgehead atoms. The molecule has 4 heteroatoms. The maximum atomic E-state index is 9.49. The lowest BCUT2D eigenvalue weighted by molar-refractivity contribution is -0.0337. The van der Waals surface area contributed by atoms with Crippen molar-refractivity contribution in [3.63, 3.8) is 0 Å². The lowest BCUT2D eigenvalue weighted by Crippen LogP contribution is -2.50. The van der Waals surface area contributed by atoms with Crippen molar-refractivity contribution in [3.8, 4) is 6.07 Å². The number of ether oxygens (including phenoxy) is 2. The maximum absolute atomic E-state index is 9.49. The van der Waals surface area contributed by atoms with Gasteiger partial charge >= 0.3 is 0 Å². The van der Waals surface area contributed by atoms with Gasteiger partial charge in [-0.1, -0.05) is 0 Å². The summed E-state index contributed by atoms with van der Waals surface area (Å²) in [4.78, 5) is 0. The van der Waals surface area contributed by atoms with E-state index in [0.29, 0.717) is 19.3 Å². The first kappa shape index (κ1) is 14.8. The van der Waals surface area contributed by atoms with E-state index >= 15 is 0 Å². The predicted molar refractivity (Wildman–Crippen MR) is 73.8 cm³/mol. The second-order valence-electron chi connectivity index (χ2n) is 6.12. The molecule has 2 saturated carbocycles. The summed E-state index contributed by atoms with van der Waals surface area (Å²) in [6.45, 7) is 5.33. The third-order valence-corrected chi connectivity index (χ3v) is 3.87. The molecule has 0 aromatic rings. The van der Waals surface area contributed by atoms with Crippen molar-refractivity contribution in [1.82, 2.24) is 5.32 Å². The molecule has 0 heterocycles. The lowest BCUT2D eigenvalue weighted by atomic mass is 9.81. The van der Waals surface area contributed by atoms with Crippen molar-refractivity contribution >= 4 is 0 Å². The number of nitriles is 1. The van der Waals surface area contributed by atoms with Gasteiger partial charge in [0.25, 0.3) is 0 Å². The number of hydrogen-bond acceptors (Lipinski definition) is 4. The van der Waals surface area contributed by atoms with Gasteiger partial charge in [0.2, 0.25) is 0 Å². The highest BCUT2D eigenvalue weighted by molar-refractivity contribution is 5.12. The molecule has 2 atom stereocenters. The average Bonchev–Trinajstić information content (AvgIpc) is 3.19. The highest BCUT2D eigenvalue weighted by atomic mass is 16.5. The normalized spacial score (nSPS) is 31.4. The molecule has 2 aliphatic carbocycles. The van der Waals surface area contributed by atoms with Gasteiger partial charge in [-0.25, -0.2) is 0 Å². The van der Waals surface area contributed by atoms with Gasteiger partial charge in [-0.15, -0.1) is 0 Å². The molecule has 2 unspecified atom stereocenters. The fourth-order valence-electron chi connectivity index (χ4n) is 2.75. The van der Waals surface area contributed by atoms with Crippen LogP contribution in [0.2, 0.25) is 0 Å². The maximum Gasteiger partial charge on any atom is 0.109 e. The summed E-state index contributed by atoms with van der Waals surface area (Å²) in [6, 6.07) is 3.08. The van der Waals surface area contributed by atoms with Crippen LogP contribution in [0.4, 0.5) is 0 Å². The van der Waals surface area contributed by atoms with Gasteiger partial charge in [0.1, 0.15) is 5.54 Å². The van der Waals surface area contributed by atoms with Gasteiger partial charge in [-0.3, -0.25) is 5.32 Å². The number of rotatable bonds is 7. The minimum atomic E-state index is -0.344. The van der Waals surface area contributed by atoms with Crippen LogP contribution in [-0.4, -0.2) is 37.0 Å². The summed E-state index contributed by atoms with van der Waals surface area (Å²) in [6.07, 6.45) is 6.82. The van der Waals surface area contributed by atoms with Crippen LogP contribution in [0.1, 0.15) is 52.4 Å². The predicted octanol–water partition coefficient (Wildman–Crippen LogP) is 2.38. The van der Waals surface area contributed by atoms with E-state index in [2.05, 4.69) is 11.4 Å². The van der Waals surface area contributed by atoms with E-state index in [9.17, 15) is 5.26 Å². The molecule has 2 fully saturated rings. The summed E-state index contributed by atoms with van der Waals surface area (Å²) < 4.78 is 11.4. The molecule has 0 spiro atoms.